The minimum atomic E-state index is -0.650. The fourth-order valence-electron chi connectivity index (χ4n) is 1.81. The Labute approximate surface area is 146 Å². The highest BCUT2D eigenvalue weighted by Crippen LogP contribution is 2.20. The molecule has 3 N–H and O–H groups in total. The van der Waals surface area contributed by atoms with E-state index < -0.39 is 11.8 Å². The fourth-order valence-corrected chi connectivity index (χ4v) is 2.16. The first kappa shape index (κ1) is 17.6. The zero-order valence-electron chi connectivity index (χ0n) is 12.6. The molecule has 0 aromatic heterocycles. The van der Waals surface area contributed by atoms with Crippen molar-refractivity contribution < 1.29 is 19.5 Å². The Hall–Kier alpha value is -2.71. The number of halogens is 1. The Kier molecular flexibility index (Phi) is 6.05. The molecular weight excluding hydrogens is 378 g/mol. The van der Waals surface area contributed by atoms with Crippen LogP contribution in [0.1, 0.15) is 26.3 Å². The third-order valence-corrected chi connectivity index (χ3v) is 3.81. The van der Waals surface area contributed by atoms with Crippen molar-refractivity contribution in [1.82, 2.24) is 10.9 Å². The molecule has 0 aliphatic rings. The number of hydrogen-bond acceptors (Lipinski definition) is 5. The van der Waals surface area contributed by atoms with Gasteiger partial charge in [-0.25, -0.2) is 10.9 Å². The van der Waals surface area contributed by atoms with Crippen LogP contribution in [0.15, 0.2) is 52.0 Å². The van der Waals surface area contributed by atoms with Gasteiger partial charge in [0.25, 0.3) is 11.8 Å². The minimum absolute atomic E-state index is 0.234. The number of carbonyl (C=O) groups excluding carboxylic acids is 2. The molecular formula is C16H14BrN3O4. The first-order valence-corrected chi connectivity index (χ1v) is 7.56. The summed E-state index contributed by atoms with van der Waals surface area (Å²) in [5.74, 6) is -0.409. The van der Waals surface area contributed by atoms with Gasteiger partial charge in [0.2, 0.25) is 0 Å². The van der Waals surface area contributed by atoms with E-state index in [1.54, 1.807) is 19.2 Å². The second kappa shape index (κ2) is 8.23. The minimum Gasteiger partial charge on any atom is -0.497 e. The lowest BCUT2D eigenvalue weighted by atomic mass is 10.1. The van der Waals surface area contributed by atoms with Crippen LogP contribution in [0.3, 0.4) is 0 Å². The Morgan fingerprint density at radius 1 is 1.12 bits per heavy atom. The molecule has 8 heteroatoms. The van der Waals surface area contributed by atoms with Gasteiger partial charge in [0.05, 0.1) is 13.3 Å². The lowest BCUT2D eigenvalue weighted by Crippen LogP contribution is -2.20. The highest BCUT2D eigenvalue weighted by molar-refractivity contribution is 9.10. The van der Waals surface area contributed by atoms with Crippen LogP contribution in [0.5, 0.6) is 5.75 Å². The maximum Gasteiger partial charge on any atom is 0.274 e. The number of nitrogens with one attached hydrogen (secondary N) is 2. The summed E-state index contributed by atoms with van der Waals surface area (Å²) in [5, 5.41) is 12.4. The molecule has 0 aliphatic heterocycles. The van der Waals surface area contributed by atoms with E-state index >= 15 is 0 Å². The molecule has 0 spiro atoms. The maximum absolute atomic E-state index is 12.0. The normalized spacial score (nSPS) is 10.5. The molecule has 0 saturated carbocycles. The Morgan fingerprint density at radius 3 is 2.33 bits per heavy atom. The van der Waals surface area contributed by atoms with Crippen molar-refractivity contribution in [3.63, 3.8) is 0 Å². The number of methoxy groups -OCH3 is 1. The molecule has 2 aromatic rings. The monoisotopic (exact) mass is 391 g/mol. The summed E-state index contributed by atoms with van der Waals surface area (Å²) in [6.07, 6.45) is 1.48. The van der Waals surface area contributed by atoms with Gasteiger partial charge in [-0.2, -0.15) is 5.10 Å². The van der Waals surface area contributed by atoms with Crippen LogP contribution in [0, 0.1) is 0 Å². The number of carbonyl (C=O) groups is 2. The molecule has 0 aliphatic carbocycles. The van der Waals surface area contributed by atoms with Gasteiger partial charge in [-0.15, -0.1) is 0 Å². The first-order chi connectivity index (χ1) is 11.5. The number of hydrogen-bond donors (Lipinski definition) is 3. The molecule has 0 unspecified atom stereocenters. The molecule has 0 bridgehead atoms. The summed E-state index contributed by atoms with van der Waals surface area (Å²) >= 11 is 3.38. The van der Waals surface area contributed by atoms with E-state index in [-0.39, 0.29) is 5.56 Å². The Balaban J connectivity index is 2.03. The first-order valence-electron chi connectivity index (χ1n) is 6.76. The summed E-state index contributed by atoms with van der Waals surface area (Å²) in [7, 11) is 1.56. The van der Waals surface area contributed by atoms with Gasteiger partial charge < -0.3 is 4.74 Å². The van der Waals surface area contributed by atoms with Gasteiger partial charge in [0.1, 0.15) is 5.75 Å². The predicted molar refractivity (Wildman–Crippen MR) is 91.4 cm³/mol. The lowest BCUT2D eigenvalue weighted by Gasteiger charge is -2.04. The van der Waals surface area contributed by atoms with Gasteiger partial charge >= 0.3 is 0 Å². The van der Waals surface area contributed by atoms with Crippen molar-refractivity contribution in [2.45, 2.75) is 0 Å². The molecule has 0 heterocycles. The average Bonchev–Trinajstić information content (AvgIpc) is 2.62. The number of ether oxygens (including phenoxy) is 1. The Morgan fingerprint density at radius 2 is 1.75 bits per heavy atom. The van der Waals surface area contributed by atoms with Gasteiger partial charge in [0.15, 0.2) is 0 Å². The highest BCUT2D eigenvalue weighted by atomic mass is 79.9. The lowest BCUT2D eigenvalue weighted by molar-refractivity contribution is 0.0706. The topological polar surface area (TPSA) is 100 Å². The standard InChI is InChI=1S/C16H14BrN3O4/c1-24-13-6-7-14(17)12(8-13)9-18-19-15(21)10-2-4-11(5-3-10)16(22)20-23/h2-9,23H,1H3,(H,19,21)(H,20,22)/b18-9+. The molecule has 2 aromatic carbocycles. The largest absolute Gasteiger partial charge is 0.497 e. The third-order valence-electron chi connectivity index (χ3n) is 3.08. The molecule has 0 atom stereocenters. The molecule has 2 rings (SSSR count). The van der Waals surface area contributed by atoms with E-state index in [0.717, 1.165) is 10.0 Å². The summed E-state index contributed by atoms with van der Waals surface area (Å²) in [4.78, 5) is 23.2. The van der Waals surface area contributed by atoms with Crippen molar-refractivity contribution in [1.29, 1.82) is 0 Å². The predicted octanol–water partition coefficient (Wildman–Crippen LogP) is 2.34. The number of rotatable bonds is 5. The van der Waals surface area contributed by atoms with E-state index in [9.17, 15) is 9.59 Å². The van der Waals surface area contributed by atoms with Gasteiger partial charge in [-0.1, -0.05) is 15.9 Å². The van der Waals surface area contributed by atoms with Crippen LogP contribution >= 0.6 is 15.9 Å². The fraction of sp³-hybridized carbons (Fsp3) is 0.0625. The van der Waals surface area contributed by atoms with Crippen molar-refractivity contribution in [3.05, 3.63) is 63.6 Å². The molecule has 0 saturated heterocycles. The van der Waals surface area contributed by atoms with Crippen molar-refractivity contribution in [2.24, 2.45) is 5.10 Å². The van der Waals surface area contributed by atoms with Crippen LogP contribution in [-0.4, -0.2) is 30.3 Å². The van der Waals surface area contributed by atoms with Crippen molar-refractivity contribution in [2.75, 3.05) is 7.11 Å². The summed E-state index contributed by atoms with van der Waals surface area (Å²) in [6.45, 7) is 0. The van der Waals surface area contributed by atoms with E-state index in [1.807, 2.05) is 6.07 Å². The SMILES string of the molecule is COc1ccc(Br)c(/C=N/NC(=O)c2ccc(C(=O)NO)cc2)c1. The van der Waals surface area contributed by atoms with Gasteiger partial charge in [0, 0.05) is 21.2 Å². The van der Waals surface area contributed by atoms with Crippen molar-refractivity contribution in [3.8, 4) is 5.75 Å². The summed E-state index contributed by atoms with van der Waals surface area (Å²) < 4.78 is 5.93. The molecule has 2 amide bonds. The maximum atomic E-state index is 12.0. The second-order valence-electron chi connectivity index (χ2n) is 4.60. The zero-order valence-corrected chi connectivity index (χ0v) is 14.2. The van der Waals surface area contributed by atoms with E-state index in [1.165, 1.54) is 36.0 Å². The van der Waals surface area contributed by atoms with Gasteiger partial charge in [-0.05, 0) is 42.5 Å². The Bertz CT molecular complexity index is 775. The summed E-state index contributed by atoms with van der Waals surface area (Å²) in [5.41, 5.74) is 5.21. The van der Waals surface area contributed by atoms with E-state index in [2.05, 4.69) is 26.5 Å². The molecule has 7 nitrogen and oxygen atoms in total. The quantitative estimate of drug-likeness (QED) is 0.413. The smallest absolute Gasteiger partial charge is 0.274 e. The number of amides is 2. The molecule has 0 fully saturated rings. The zero-order chi connectivity index (χ0) is 17.5. The van der Waals surface area contributed by atoms with Crippen LogP contribution in [0.4, 0.5) is 0 Å². The molecule has 0 radical (unpaired) electrons. The van der Waals surface area contributed by atoms with Crippen LogP contribution in [-0.2, 0) is 0 Å². The highest BCUT2D eigenvalue weighted by Gasteiger charge is 2.07. The van der Waals surface area contributed by atoms with E-state index in [4.69, 9.17) is 9.94 Å². The molecule has 124 valence electrons. The molecule has 24 heavy (non-hydrogen) atoms. The number of nitrogens with zero attached hydrogens (tertiary/aromatic N) is 1. The summed E-state index contributed by atoms with van der Waals surface area (Å²) in [6, 6.07) is 11.1. The average molecular weight is 392 g/mol. The number of benzene rings is 2. The van der Waals surface area contributed by atoms with Crippen molar-refractivity contribution >= 4 is 34.0 Å². The van der Waals surface area contributed by atoms with E-state index in [0.29, 0.717) is 11.3 Å². The van der Waals surface area contributed by atoms with Crippen LogP contribution in [0.2, 0.25) is 0 Å². The number of hydrazone groups is 1. The van der Waals surface area contributed by atoms with Crippen LogP contribution in [0.25, 0.3) is 0 Å². The van der Waals surface area contributed by atoms with Crippen LogP contribution < -0.4 is 15.6 Å². The second-order valence-corrected chi connectivity index (χ2v) is 5.46. The number of hydroxylamine groups is 1. The third kappa shape index (κ3) is 4.40. The van der Waals surface area contributed by atoms with Gasteiger partial charge in [-0.3, -0.25) is 14.8 Å².